The molecule has 1 unspecified atom stereocenters. The van der Waals surface area contributed by atoms with Crippen molar-refractivity contribution < 1.29 is 9.21 Å². The molecule has 1 amide bonds. The molecule has 0 bridgehead atoms. The van der Waals surface area contributed by atoms with Gasteiger partial charge in [-0.25, -0.2) is 9.97 Å². The van der Waals surface area contributed by atoms with E-state index in [0.717, 1.165) is 70.2 Å². The summed E-state index contributed by atoms with van der Waals surface area (Å²) in [5.41, 5.74) is -0.314. The third-order valence-corrected chi connectivity index (χ3v) is 7.21. The van der Waals surface area contributed by atoms with Gasteiger partial charge in [0.1, 0.15) is 5.76 Å². The van der Waals surface area contributed by atoms with Gasteiger partial charge in [0, 0.05) is 44.5 Å². The molecule has 3 fully saturated rings. The molecule has 2 spiro atoms. The van der Waals surface area contributed by atoms with Gasteiger partial charge in [-0.1, -0.05) is 0 Å². The lowest BCUT2D eigenvalue weighted by molar-refractivity contribution is -0.141. The number of hydrogen-bond donors (Lipinski definition) is 0. The molecule has 0 saturated carbocycles. The van der Waals surface area contributed by atoms with Crippen molar-refractivity contribution in [2.75, 3.05) is 44.7 Å². The molecule has 28 heavy (non-hydrogen) atoms. The first-order chi connectivity index (χ1) is 13.6. The van der Waals surface area contributed by atoms with Crippen LogP contribution in [0.4, 0.5) is 5.95 Å². The van der Waals surface area contributed by atoms with Gasteiger partial charge in [0.25, 0.3) is 0 Å². The zero-order valence-electron chi connectivity index (χ0n) is 16.4. The van der Waals surface area contributed by atoms with Gasteiger partial charge in [0.05, 0.1) is 18.2 Å². The van der Waals surface area contributed by atoms with Crippen LogP contribution >= 0.6 is 0 Å². The summed E-state index contributed by atoms with van der Waals surface area (Å²) >= 11 is 0. The lowest BCUT2D eigenvalue weighted by atomic mass is 9.60. The van der Waals surface area contributed by atoms with Crippen LogP contribution in [-0.2, 0) is 11.3 Å². The maximum atomic E-state index is 13.3. The number of carbonyl (C=O) groups is 1. The lowest BCUT2D eigenvalue weighted by Gasteiger charge is -2.46. The molecule has 0 N–H and O–H groups in total. The Balaban J connectivity index is 1.40. The summed E-state index contributed by atoms with van der Waals surface area (Å²) in [6.07, 6.45) is 8.29. The number of rotatable bonds is 3. The van der Waals surface area contributed by atoms with Crippen LogP contribution in [0.1, 0.15) is 25.0 Å². The molecule has 0 aliphatic carbocycles. The van der Waals surface area contributed by atoms with Gasteiger partial charge in [-0.3, -0.25) is 9.69 Å². The highest BCUT2D eigenvalue weighted by atomic mass is 16.3. The molecule has 2 aromatic heterocycles. The highest BCUT2D eigenvalue weighted by Crippen LogP contribution is 2.58. The number of nitrogens with zero attached hydrogens (tertiary/aromatic N) is 5. The second kappa shape index (κ2) is 6.58. The Bertz CT molecular complexity index is 832. The predicted molar refractivity (Wildman–Crippen MR) is 105 cm³/mol. The Labute approximate surface area is 165 Å². The molecule has 2 aromatic rings. The van der Waals surface area contributed by atoms with Crippen molar-refractivity contribution >= 4 is 11.9 Å². The molecule has 3 saturated heterocycles. The van der Waals surface area contributed by atoms with E-state index in [4.69, 9.17) is 4.42 Å². The third-order valence-electron chi connectivity index (χ3n) is 7.21. The standard InChI is InChI=1S/C21H27N5O2/c1-24-10-7-21(18(24)27)16-26(19-22-8-3-9-23-19)15-20(21)5-11-25(12-6-20)14-17-4-2-13-28-17/h2-4,8-9,13H,5-7,10-12,14-16H2,1H3. The topological polar surface area (TPSA) is 65.7 Å². The van der Waals surface area contributed by atoms with Crippen LogP contribution in [0.25, 0.3) is 0 Å². The summed E-state index contributed by atoms with van der Waals surface area (Å²) in [6, 6.07) is 5.82. The molecule has 7 heteroatoms. The predicted octanol–water partition coefficient (Wildman–Crippen LogP) is 2.02. The summed E-state index contributed by atoms with van der Waals surface area (Å²) in [7, 11) is 1.94. The first-order valence-corrected chi connectivity index (χ1v) is 10.1. The van der Waals surface area contributed by atoms with Crippen LogP contribution in [0, 0.1) is 10.8 Å². The van der Waals surface area contributed by atoms with Crippen LogP contribution in [0.15, 0.2) is 41.3 Å². The summed E-state index contributed by atoms with van der Waals surface area (Å²) < 4.78 is 5.53. The number of anilines is 1. The number of likely N-dealkylation sites (tertiary alicyclic amines) is 2. The maximum Gasteiger partial charge on any atom is 0.231 e. The minimum atomic E-state index is -0.308. The van der Waals surface area contributed by atoms with Crippen molar-refractivity contribution in [3.05, 3.63) is 42.6 Å². The molecule has 5 heterocycles. The highest BCUT2D eigenvalue weighted by molar-refractivity contribution is 5.87. The van der Waals surface area contributed by atoms with E-state index in [1.165, 1.54) is 0 Å². The van der Waals surface area contributed by atoms with Gasteiger partial charge in [-0.05, 0) is 50.6 Å². The Hall–Kier alpha value is -2.41. The van der Waals surface area contributed by atoms with Gasteiger partial charge >= 0.3 is 0 Å². The zero-order chi connectivity index (χ0) is 19.2. The van der Waals surface area contributed by atoms with Gasteiger partial charge < -0.3 is 14.2 Å². The Kier molecular flexibility index (Phi) is 4.16. The Morgan fingerprint density at radius 2 is 1.86 bits per heavy atom. The van der Waals surface area contributed by atoms with Gasteiger partial charge in [-0.15, -0.1) is 0 Å². The van der Waals surface area contributed by atoms with E-state index in [-0.39, 0.29) is 10.8 Å². The number of fused-ring (bicyclic) bond motifs is 1. The molecular formula is C21H27N5O2. The van der Waals surface area contributed by atoms with E-state index in [1.54, 1.807) is 18.7 Å². The molecule has 5 rings (SSSR count). The first-order valence-electron chi connectivity index (χ1n) is 10.1. The Morgan fingerprint density at radius 1 is 1.07 bits per heavy atom. The smallest absolute Gasteiger partial charge is 0.231 e. The molecular weight excluding hydrogens is 354 g/mol. The zero-order valence-corrected chi connectivity index (χ0v) is 16.4. The minimum absolute atomic E-state index is 0.00624. The van der Waals surface area contributed by atoms with E-state index in [2.05, 4.69) is 19.8 Å². The highest BCUT2D eigenvalue weighted by Gasteiger charge is 2.65. The van der Waals surface area contributed by atoms with Crippen molar-refractivity contribution in [1.29, 1.82) is 0 Å². The number of aromatic nitrogens is 2. The van der Waals surface area contributed by atoms with Crippen molar-refractivity contribution in [1.82, 2.24) is 19.8 Å². The molecule has 7 nitrogen and oxygen atoms in total. The van der Waals surface area contributed by atoms with Crippen molar-refractivity contribution in [2.24, 2.45) is 10.8 Å². The first kappa shape index (κ1) is 17.7. The normalized spacial score (nSPS) is 27.4. The van der Waals surface area contributed by atoms with Crippen LogP contribution in [0.2, 0.25) is 0 Å². The molecule has 3 aliphatic heterocycles. The number of carbonyl (C=O) groups excluding carboxylic acids is 1. The Morgan fingerprint density at radius 3 is 2.50 bits per heavy atom. The summed E-state index contributed by atoms with van der Waals surface area (Å²) in [5, 5.41) is 0. The average molecular weight is 381 g/mol. The number of piperidine rings is 1. The molecule has 3 aliphatic rings. The van der Waals surface area contributed by atoms with Crippen LogP contribution in [0.5, 0.6) is 0 Å². The minimum Gasteiger partial charge on any atom is -0.468 e. The SMILES string of the molecule is CN1CCC2(CN(c3ncccn3)CC23CCN(Cc2ccco2)CC3)C1=O. The van der Waals surface area contributed by atoms with Crippen molar-refractivity contribution in [3.8, 4) is 0 Å². The van der Waals surface area contributed by atoms with E-state index in [9.17, 15) is 4.79 Å². The quantitative estimate of drug-likeness (QED) is 0.810. The number of furan rings is 1. The molecule has 0 aromatic carbocycles. The number of hydrogen-bond acceptors (Lipinski definition) is 6. The third kappa shape index (κ3) is 2.64. The van der Waals surface area contributed by atoms with E-state index >= 15 is 0 Å². The lowest BCUT2D eigenvalue weighted by Crippen LogP contribution is -2.52. The second-order valence-corrected chi connectivity index (χ2v) is 8.60. The average Bonchev–Trinajstić information content (AvgIpc) is 3.42. The maximum absolute atomic E-state index is 13.3. The van der Waals surface area contributed by atoms with Crippen molar-refractivity contribution in [2.45, 2.75) is 25.8 Å². The largest absolute Gasteiger partial charge is 0.468 e. The van der Waals surface area contributed by atoms with E-state index < -0.39 is 0 Å². The molecule has 0 radical (unpaired) electrons. The van der Waals surface area contributed by atoms with Gasteiger partial charge in [0.15, 0.2) is 0 Å². The van der Waals surface area contributed by atoms with E-state index in [0.29, 0.717) is 5.91 Å². The number of amides is 1. The van der Waals surface area contributed by atoms with Crippen LogP contribution in [0.3, 0.4) is 0 Å². The van der Waals surface area contributed by atoms with Crippen LogP contribution in [-0.4, -0.2) is 65.4 Å². The summed E-state index contributed by atoms with van der Waals surface area (Å²) in [5.74, 6) is 2.07. The van der Waals surface area contributed by atoms with E-state index in [1.807, 2.05) is 30.1 Å². The van der Waals surface area contributed by atoms with Crippen molar-refractivity contribution in [3.63, 3.8) is 0 Å². The molecule has 148 valence electrons. The monoisotopic (exact) mass is 381 g/mol. The second-order valence-electron chi connectivity index (χ2n) is 8.60. The fourth-order valence-electron chi connectivity index (χ4n) is 5.63. The summed E-state index contributed by atoms with van der Waals surface area (Å²) in [4.78, 5) is 28.9. The van der Waals surface area contributed by atoms with Crippen LogP contribution < -0.4 is 4.90 Å². The van der Waals surface area contributed by atoms with Gasteiger partial charge in [-0.2, -0.15) is 0 Å². The summed E-state index contributed by atoms with van der Waals surface area (Å²) in [6.45, 7) is 5.27. The fourth-order valence-corrected chi connectivity index (χ4v) is 5.63. The fraction of sp³-hybridized carbons (Fsp3) is 0.571. The van der Waals surface area contributed by atoms with Gasteiger partial charge in [0.2, 0.25) is 11.9 Å². The molecule has 1 atom stereocenters.